The Morgan fingerprint density at radius 3 is 2.48 bits per heavy atom. The fourth-order valence-electron chi connectivity index (χ4n) is 3.32. The third-order valence-electron chi connectivity index (χ3n) is 4.71. The van der Waals surface area contributed by atoms with Crippen molar-refractivity contribution in [1.29, 1.82) is 0 Å². The molecule has 0 aliphatic carbocycles. The van der Waals surface area contributed by atoms with E-state index in [1.807, 2.05) is 65.3 Å². The Kier molecular flexibility index (Phi) is 4.03. The van der Waals surface area contributed by atoms with Crippen LogP contribution < -0.4 is 4.72 Å². The first-order valence-electron chi connectivity index (χ1n) is 9.01. The summed E-state index contributed by atoms with van der Waals surface area (Å²) in [6.45, 7) is 0. The number of nitrogens with zero attached hydrogens (tertiary/aromatic N) is 3. The van der Waals surface area contributed by atoms with Crippen molar-refractivity contribution < 1.29 is 8.42 Å². The van der Waals surface area contributed by atoms with Gasteiger partial charge >= 0.3 is 0 Å². The van der Waals surface area contributed by atoms with Crippen molar-refractivity contribution in [3.8, 4) is 11.3 Å². The summed E-state index contributed by atoms with van der Waals surface area (Å²) < 4.78 is 30.4. The molecule has 29 heavy (non-hydrogen) atoms. The lowest BCUT2D eigenvalue weighted by Crippen LogP contribution is -2.13. The maximum atomic E-state index is 13.0. The summed E-state index contributed by atoms with van der Waals surface area (Å²) in [5.41, 5.74) is 2.14. The molecular formula is C22H16N4O2S. The molecule has 5 rings (SSSR count). The first-order valence-corrected chi connectivity index (χ1v) is 10.5. The van der Waals surface area contributed by atoms with Gasteiger partial charge in [-0.05, 0) is 29.7 Å². The van der Waals surface area contributed by atoms with Crippen LogP contribution in [0.15, 0.2) is 96.3 Å². The molecule has 2 heterocycles. The van der Waals surface area contributed by atoms with E-state index in [1.165, 1.54) is 0 Å². The van der Waals surface area contributed by atoms with Crippen LogP contribution in [0.25, 0.3) is 27.8 Å². The predicted octanol–water partition coefficient (Wildman–Crippen LogP) is 4.35. The van der Waals surface area contributed by atoms with Crippen molar-refractivity contribution in [2.45, 2.75) is 4.90 Å². The standard InChI is InChI=1S/C22H16N4O2S/c27-29(28,21-8-3-6-16-5-1-2-7-19(16)21)25-18-11-9-17(10-12-18)20-15-26-14-4-13-23-22(26)24-20/h1-15,25H. The molecule has 6 nitrogen and oxygen atoms in total. The molecule has 7 heteroatoms. The Morgan fingerprint density at radius 1 is 0.862 bits per heavy atom. The van der Waals surface area contributed by atoms with Gasteiger partial charge in [-0.3, -0.25) is 9.12 Å². The summed E-state index contributed by atoms with van der Waals surface area (Å²) in [4.78, 5) is 8.95. The summed E-state index contributed by atoms with van der Waals surface area (Å²) in [6.07, 6.45) is 5.46. The molecule has 1 N–H and O–H groups in total. The molecule has 0 fully saturated rings. The van der Waals surface area contributed by atoms with E-state index in [2.05, 4.69) is 14.7 Å². The van der Waals surface area contributed by atoms with Gasteiger partial charge < -0.3 is 0 Å². The van der Waals surface area contributed by atoms with Gasteiger partial charge in [0, 0.05) is 35.2 Å². The second-order valence-electron chi connectivity index (χ2n) is 6.61. The van der Waals surface area contributed by atoms with E-state index in [1.54, 1.807) is 30.5 Å². The lowest BCUT2D eigenvalue weighted by Gasteiger charge is -2.11. The first kappa shape index (κ1) is 17.4. The Morgan fingerprint density at radius 2 is 1.66 bits per heavy atom. The zero-order chi connectivity index (χ0) is 19.8. The Hall–Kier alpha value is -3.71. The minimum absolute atomic E-state index is 0.256. The number of rotatable bonds is 4. The van der Waals surface area contributed by atoms with Gasteiger partial charge in [-0.1, -0.05) is 48.5 Å². The lowest BCUT2D eigenvalue weighted by molar-refractivity contribution is 0.602. The first-order chi connectivity index (χ1) is 14.1. The quantitative estimate of drug-likeness (QED) is 0.487. The smallest absolute Gasteiger partial charge is 0.262 e. The van der Waals surface area contributed by atoms with Gasteiger partial charge in [0.05, 0.1) is 10.6 Å². The van der Waals surface area contributed by atoms with Gasteiger partial charge in [0.25, 0.3) is 10.0 Å². The second-order valence-corrected chi connectivity index (χ2v) is 8.26. The molecule has 0 unspecified atom stereocenters. The van der Waals surface area contributed by atoms with E-state index in [0.717, 1.165) is 16.6 Å². The molecule has 0 amide bonds. The van der Waals surface area contributed by atoms with Crippen LogP contribution in [0.2, 0.25) is 0 Å². The van der Waals surface area contributed by atoms with E-state index in [4.69, 9.17) is 0 Å². The molecule has 0 saturated carbocycles. The molecule has 0 aliphatic heterocycles. The summed E-state index contributed by atoms with van der Waals surface area (Å²) in [6, 6.07) is 21.7. The summed E-state index contributed by atoms with van der Waals surface area (Å²) in [7, 11) is -3.72. The Bertz CT molecular complexity index is 1400. The number of imidazole rings is 1. The fourth-order valence-corrected chi connectivity index (χ4v) is 4.61. The van der Waals surface area contributed by atoms with Gasteiger partial charge in [0.1, 0.15) is 0 Å². The molecule has 0 saturated heterocycles. The van der Waals surface area contributed by atoms with Crippen LogP contribution in [-0.2, 0) is 10.0 Å². The molecule has 2 aromatic heterocycles. The zero-order valence-corrected chi connectivity index (χ0v) is 16.0. The Balaban J connectivity index is 1.45. The van der Waals surface area contributed by atoms with Crippen LogP contribution in [0, 0.1) is 0 Å². The summed E-state index contributed by atoms with van der Waals surface area (Å²) in [5, 5.41) is 1.57. The lowest BCUT2D eigenvalue weighted by atomic mass is 10.1. The van der Waals surface area contributed by atoms with Crippen LogP contribution in [0.1, 0.15) is 0 Å². The van der Waals surface area contributed by atoms with E-state index >= 15 is 0 Å². The fraction of sp³-hybridized carbons (Fsp3) is 0. The molecule has 0 aliphatic rings. The number of aromatic nitrogens is 3. The molecule has 5 aromatic rings. The third-order valence-corrected chi connectivity index (χ3v) is 6.15. The monoisotopic (exact) mass is 400 g/mol. The van der Waals surface area contributed by atoms with Gasteiger partial charge in [-0.25, -0.2) is 18.4 Å². The number of fused-ring (bicyclic) bond motifs is 2. The molecule has 0 bridgehead atoms. The zero-order valence-electron chi connectivity index (χ0n) is 15.2. The topological polar surface area (TPSA) is 76.4 Å². The van der Waals surface area contributed by atoms with Crippen molar-refractivity contribution in [1.82, 2.24) is 14.4 Å². The van der Waals surface area contributed by atoms with Crippen molar-refractivity contribution in [2.24, 2.45) is 0 Å². The van der Waals surface area contributed by atoms with Gasteiger partial charge in [0.2, 0.25) is 5.78 Å². The predicted molar refractivity (Wildman–Crippen MR) is 113 cm³/mol. The maximum Gasteiger partial charge on any atom is 0.262 e. The Labute approximate surface area is 167 Å². The van der Waals surface area contributed by atoms with Gasteiger partial charge in [-0.2, -0.15) is 0 Å². The molecule has 0 radical (unpaired) electrons. The molecule has 142 valence electrons. The van der Waals surface area contributed by atoms with E-state index < -0.39 is 10.0 Å². The summed E-state index contributed by atoms with van der Waals surface area (Å²) >= 11 is 0. The van der Waals surface area contributed by atoms with Crippen molar-refractivity contribution >= 4 is 32.3 Å². The second kappa shape index (κ2) is 6.72. The minimum atomic E-state index is -3.72. The molecule has 0 spiro atoms. The highest BCUT2D eigenvalue weighted by Crippen LogP contribution is 2.26. The number of sulfonamides is 1. The van der Waals surface area contributed by atoms with Crippen LogP contribution in [0.3, 0.4) is 0 Å². The normalized spacial score (nSPS) is 11.7. The van der Waals surface area contributed by atoms with E-state index in [0.29, 0.717) is 16.9 Å². The number of hydrogen-bond acceptors (Lipinski definition) is 4. The highest BCUT2D eigenvalue weighted by Gasteiger charge is 2.17. The SMILES string of the molecule is O=S(=O)(Nc1ccc(-c2cn3cccnc3n2)cc1)c1cccc2ccccc12. The number of anilines is 1. The number of hydrogen-bond donors (Lipinski definition) is 1. The molecular weight excluding hydrogens is 384 g/mol. The van der Waals surface area contributed by atoms with Crippen LogP contribution >= 0.6 is 0 Å². The minimum Gasteiger partial charge on any atom is -0.291 e. The van der Waals surface area contributed by atoms with E-state index in [-0.39, 0.29) is 4.90 Å². The average molecular weight is 400 g/mol. The molecule has 0 atom stereocenters. The summed E-state index contributed by atoms with van der Waals surface area (Å²) in [5.74, 6) is 0.614. The van der Waals surface area contributed by atoms with Crippen molar-refractivity contribution in [3.05, 3.63) is 91.4 Å². The number of benzene rings is 3. The third kappa shape index (κ3) is 3.21. The highest BCUT2D eigenvalue weighted by molar-refractivity contribution is 7.93. The average Bonchev–Trinajstić information content (AvgIpc) is 3.18. The van der Waals surface area contributed by atoms with Crippen LogP contribution in [-0.4, -0.2) is 22.8 Å². The number of nitrogens with one attached hydrogen (secondary N) is 1. The van der Waals surface area contributed by atoms with Crippen LogP contribution in [0.4, 0.5) is 5.69 Å². The van der Waals surface area contributed by atoms with Gasteiger partial charge in [0.15, 0.2) is 0 Å². The van der Waals surface area contributed by atoms with Crippen molar-refractivity contribution in [3.63, 3.8) is 0 Å². The molecule has 3 aromatic carbocycles. The highest BCUT2D eigenvalue weighted by atomic mass is 32.2. The van der Waals surface area contributed by atoms with Crippen molar-refractivity contribution in [2.75, 3.05) is 4.72 Å². The van der Waals surface area contributed by atoms with Gasteiger partial charge in [-0.15, -0.1) is 0 Å². The maximum absolute atomic E-state index is 13.0. The van der Waals surface area contributed by atoms with E-state index in [9.17, 15) is 8.42 Å². The largest absolute Gasteiger partial charge is 0.291 e. The van der Waals surface area contributed by atoms with Crippen LogP contribution in [0.5, 0.6) is 0 Å².